The minimum Gasteiger partial charge on any atom is -0.465 e. The van der Waals surface area contributed by atoms with Crippen LogP contribution in [0.3, 0.4) is 0 Å². The van der Waals surface area contributed by atoms with Crippen molar-refractivity contribution in [3.8, 4) is 0 Å². The van der Waals surface area contributed by atoms with Gasteiger partial charge in [-0.05, 0) is 67.4 Å². The zero-order valence-electron chi connectivity index (χ0n) is 15.9. The van der Waals surface area contributed by atoms with Crippen LogP contribution in [0.15, 0.2) is 60.8 Å². The fraction of sp³-hybridized carbons (Fsp3) is 0.136. The van der Waals surface area contributed by atoms with E-state index in [4.69, 9.17) is 4.74 Å². The number of ether oxygens (including phenoxy) is 1. The van der Waals surface area contributed by atoms with Crippen LogP contribution in [0.25, 0.3) is 0 Å². The Kier molecular flexibility index (Phi) is 5.69. The maximum Gasteiger partial charge on any atom is 0.337 e. The molecule has 0 bridgehead atoms. The highest BCUT2D eigenvalue weighted by Crippen LogP contribution is 2.19. The van der Waals surface area contributed by atoms with Crippen molar-refractivity contribution >= 4 is 28.9 Å². The van der Waals surface area contributed by atoms with E-state index in [1.165, 1.54) is 12.7 Å². The third-order valence-electron chi connectivity index (χ3n) is 4.33. The minimum absolute atomic E-state index is 0.275. The molecule has 3 rings (SSSR count). The van der Waals surface area contributed by atoms with Gasteiger partial charge in [0, 0.05) is 11.4 Å². The maximum atomic E-state index is 12.4. The molecule has 3 aromatic rings. The number of pyridine rings is 1. The Bertz CT molecular complexity index is 1010. The molecule has 0 saturated carbocycles. The molecule has 6 nitrogen and oxygen atoms in total. The molecule has 1 amide bonds. The van der Waals surface area contributed by atoms with E-state index < -0.39 is 5.97 Å². The zero-order valence-corrected chi connectivity index (χ0v) is 15.9. The highest BCUT2D eigenvalue weighted by atomic mass is 16.5. The lowest BCUT2D eigenvalue weighted by Gasteiger charge is -2.09. The summed E-state index contributed by atoms with van der Waals surface area (Å²) in [7, 11) is 1.34. The Morgan fingerprint density at radius 1 is 0.893 bits per heavy atom. The maximum absolute atomic E-state index is 12.4. The van der Waals surface area contributed by atoms with Gasteiger partial charge in [0.15, 0.2) is 0 Å². The van der Waals surface area contributed by atoms with E-state index in [1.54, 1.807) is 36.5 Å². The lowest BCUT2D eigenvalue weighted by atomic mass is 10.1. The van der Waals surface area contributed by atoms with Crippen molar-refractivity contribution in [2.75, 3.05) is 17.7 Å². The summed E-state index contributed by atoms with van der Waals surface area (Å²) in [4.78, 5) is 28.2. The number of carbonyl (C=O) groups excluding carboxylic acids is 2. The molecule has 0 saturated heterocycles. The van der Waals surface area contributed by atoms with Crippen molar-refractivity contribution < 1.29 is 14.3 Å². The molecule has 1 heterocycles. The first-order valence-corrected chi connectivity index (χ1v) is 8.76. The van der Waals surface area contributed by atoms with Crippen LogP contribution in [0.2, 0.25) is 0 Å². The summed E-state index contributed by atoms with van der Waals surface area (Å²) in [5.74, 6) is -0.678. The standard InChI is InChI=1S/C22H21N3O3/c1-14-7-8-18(11-15(14)2)25-21(26)20-10-9-19(13-23-20)24-17-6-4-5-16(12-17)22(27)28-3/h4-13,24H,1-3H3,(H,25,26). The topological polar surface area (TPSA) is 80.3 Å². The van der Waals surface area contributed by atoms with Gasteiger partial charge in [-0.1, -0.05) is 12.1 Å². The van der Waals surface area contributed by atoms with Crippen LogP contribution in [0.1, 0.15) is 32.0 Å². The third-order valence-corrected chi connectivity index (χ3v) is 4.33. The van der Waals surface area contributed by atoms with Crippen LogP contribution >= 0.6 is 0 Å². The molecular weight excluding hydrogens is 354 g/mol. The van der Waals surface area contributed by atoms with Gasteiger partial charge in [0.25, 0.3) is 5.91 Å². The zero-order chi connectivity index (χ0) is 20.1. The van der Waals surface area contributed by atoms with Gasteiger partial charge in [0.2, 0.25) is 0 Å². The summed E-state index contributed by atoms with van der Waals surface area (Å²) in [5, 5.41) is 6.00. The second kappa shape index (κ2) is 8.35. The number of benzene rings is 2. The molecule has 1 aromatic heterocycles. The number of esters is 1. The van der Waals surface area contributed by atoms with Crippen LogP contribution in [0.5, 0.6) is 0 Å². The summed E-state index contributed by atoms with van der Waals surface area (Å²) in [6, 6.07) is 16.1. The van der Waals surface area contributed by atoms with E-state index >= 15 is 0 Å². The van der Waals surface area contributed by atoms with Gasteiger partial charge >= 0.3 is 5.97 Å². The third kappa shape index (κ3) is 4.54. The lowest BCUT2D eigenvalue weighted by Crippen LogP contribution is -2.13. The number of rotatable bonds is 5. The van der Waals surface area contributed by atoms with E-state index in [9.17, 15) is 9.59 Å². The molecule has 0 atom stereocenters. The number of amides is 1. The molecule has 6 heteroatoms. The van der Waals surface area contributed by atoms with Gasteiger partial charge in [0.1, 0.15) is 5.69 Å². The number of hydrogen-bond donors (Lipinski definition) is 2. The molecule has 0 fully saturated rings. The van der Waals surface area contributed by atoms with Gasteiger partial charge in [-0.25, -0.2) is 9.78 Å². The summed E-state index contributed by atoms with van der Waals surface area (Å²) in [6.45, 7) is 4.02. The average molecular weight is 375 g/mol. The fourth-order valence-electron chi connectivity index (χ4n) is 2.62. The largest absolute Gasteiger partial charge is 0.465 e. The quantitative estimate of drug-likeness (QED) is 0.643. The van der Waals surface area contributed by atoms with Crippen molar-refractivity contribution in [1.82, 2.24) is 4.98 Å². The molecule has 0 spiro atoms. The Hall–Kier alpha value is -3.67. The Labute approximate surface area is 163 Å². The summed E-state index contributed by atoms with van der Waals surface area (Å²) >= 11 is 0. The molecule has 2 N–H and O–H groups in total. The number of methoxy groups -OCH3 is 1. The fourth-order valence-corrected chi connectivity index (χ4v) is 2.62. The molecule has 0 aliphatic rings. The van der Waals surface area contributed by atoms with Crippen LogP contribution in [0, 0.1) is 13.8 Å². The van der Waals surface area contributed by atoms with Gasteiger partial charge in [-0.15, -0.1) is 0 Å². The molecular formula is C22H21N3O3. The highest BCUT2D eigenvalue weighted by molar-refractivity contribution is 6.03. The number of nitrogens with one attached hydrogen (secondary N) is 2. The number of aryl methyl sites for hydroxylation is 2. The van der Waals surface area contributed by atoms with Crippen LogP contribution < -0.4 is 10.6 Å². The first-order chi connectivity index (χ1) is 13.5. The Morgan fingerprint density at radius 2 is 1.68 bits per heavy atom. The number of nitrogens with zero attached hydrogens (tertiary/aromatic N) is 1. The molecule has 0 aliphatic heterocycles. The number of aromatic nitrogens is 1. The molecule has 142 valence electrons. The average Bonchev–Trinajstić information content (AvgIpc) is 2.71. The molecule has 0 aliphatic carbocycles. The normalized spacial score (nSPS) is 10.2. The molecule has 28 heavy (non-hydrogen) atoms. The van der Waals surface area contributed by atoms with Crippen molar-refractivity contribution in [2.24, 2.45) is 0 Å². The van der Waals surface area contributed by atoms with Crippen LogP contribution in [-0.4, -0.2) is 24.0 Å². The molecule has 0 unspecified atom stereocenters. The van der Waals surface area contributed by atoms with E-state index in [2.05, 4.69) is 15.6 Å². The van der Waals surface area contributed by atoms with E-state index in [1.807, 2.05) is 38.1 Å². The monoisotopic (exact) mass is 375 g/mol. The van der Waals surface area contributed by atoms with Gasteiger partial charge in [-0.2, -0.15) is 0 Å². The molecule has 0 radical (unpaired) electrons. The second-order valence-corrected chi connectivity index (χ2v) is 6.38. The summed E-state index contributed by atoms with van der Waals surface area (Å²) in [6.07, 6.45) is 1.57. The SMILES string of the molecule is COC(=O)c1cccc(Nc2ccc(C(=O)Nc3ccc(C)c(C)c3)nc2)c1. The van der Waals surface area contributed by atoms with Gasteiger partial charge in [0.05, 0.1) is 24.6 Å². The van der Waals surface area contributed by atoms with Crippen molar-refractivity contribution in [2.45, 2.75) is 13.8 Å². The number of carbonyl (C=O) groups is 2. The van der Waals surface area contributed by atoms with E-state index in [-0.39, 0.29) is 5.91 Å². The van der Waals surface area contributed by atoms with Crippen LogP contribution in [-0.2, 0) is 4.74 Å². The minimum atomic E-state index is -0.403. The van der Waals surface area contributed by atoms with Gasteiger partial charge in [-0.3, -0.25) is 4.79 Å². The Morgan fingerprint density at radius 3 is 2.36 bits per heavy atom. The van der Waals surface area contributed by atoms with Crippen molar-refractivity contribution in [3.63, 3.8) is 0 Å². The van der Waals surface area contributed by atoms with Gasteiger partial charge < -0.3 is 15.4 Å². The second-order valence-electron chi connectivity index (χ2n) is 6.38. The summed E-state index contributed by atoms with van der Waals surface area (Å²) < 4.78 is 4.72. The first kappa shape index (κ1) is 19.1. The van der Waals surface area contributed by atoms with E-state index in [0.717, 1.165) is 16.9 Å². The first-order valence-electron chi connectivity index (χ1n) is 8.76. The van der Waals surface area contributed by atoms with E-state index in [0.29, 0.717) is 16.9 Å². The summed E-state index contributed by atoms with van der Waals surface area (Å²) in [5.41, 5.74) is 5.19. The lowest BCUT2D eigenvalue weighted by molar-refractivity contribution is 0.0600. The highest BCUT2D eigenvalue weighted by Gasteiger charge is 2.09. The predicted octanol–water partition coefficient (Wildman–Crippen LogP) is 4.48. The smallest absolute Gasteiger partial charge is 0.337 e. The number of hydrogen-bond acceptors (Lipinski definition) is 5. The van der Waals surface area contributed by atoms with Crippen molar-refractivity contribution in [3.05, 3.63) is 83.2 Å². The predicted molar refractivity (Wildman–Crippen MR) is 109 cm³/mol. The Balaban J connectivity index is 1.68. The van der Waals surface area contributed by atoms with Crippen molar-refractivity contribution in [1.29, 1.82) is 0 Å². The number of anilines is 3. The molecule has 2 aromatic carbocycles. The van der Waals surface area contributed by atoms with Crippen LogP contribution in [0.4, 0.5) is 17.1 Å².